The number of benzene rings is 1. The average Bonchev–Trinajstić information content (AvgIpc) is 3.33. The summed E-state index contributed by atoms with van der Waals surface area (Å²) in [7, 11) is 0. The fraction of sp³-hybridized carbons (Fsp3) is 0.579. The van der Waals surface area contributed by atoms with Crippen LogP contribution < -0.4 is 0 Å². The summed E-state index contributed by atoms with van der Waals surface area (Å²) >= 11 is 0. The quantitative estimate of drug-likeness (QED) is 0.894. The van der Waals surface area contributed by atoms with Crippen LogP contribution in [-0.2, 0) is 11.3 Å². The van der Waals surface area contributed by atoms with E-state index >= 15 is 0 Å². The Morgan fingerprint density at radius 1 is 1.20 bits per heavy atom. The maximum absolute atomic E-state index is 12.6. The first-order valence-electron chi connectivity index (χ1n) is 9.26. The molecule has 1 atom stereocenters. The van der Waals surface area contributed by atoms with Crippen LogP contribution in [0.3, 0.4) is 0 Å². The van der Waals surface area contributed by atoms with Crippen molar-refractivity contribution in [3.05, 3.63) is 30.5 Å². The van der Waals surface area contributed by atoms with Gasteiger partial charge in [-0.15, -0.1) is 0 Å². The van der Waals surface area contributed by atoms with Crippen molar-refractivity contribution >= 4 is 16.8 Å². The van der Waals surface area contributed by atoms with Crippen LogP contribution in [0.1, 0.15) is 25.7 Å². The van der Waals surface area contributed by atoms with Crippen molar-refractivity contribution in [1.82, 2.24) is 19.6 Å². The summed E-state index contributed by atoms with van der Waals surface area (Å²) in [5, 5.41) is 16.3. The fourth-order valence-corrected chi connectivity index (χ4v) is 4.12. The Morgan fingerprint density at radius 3 is 2.84 bits per heavy atom. The molecule has 2 fully saturated rings. The predicted molar refractivity (Wildman–Crippen MR) is 96.2 cm³/mol. The average molecular weight is 342 g/mol. The van der Waals surface area contributed by atoms with Gasteiger partial charge < -0.3 is 14.9 Å². The second-order valence-electron chi connectivity index (χ2n) is 7.45. The summed E-state index contributed by atoms with van der Waals surface area (Å²) < 4.78 is 1.89. The third-order valence-electron chi connectivity index (χ3n) is 5.49. The molecule has 4 rings (SSSR count). The van der Waals surface area contributed by atoms with Gasteiger partial charge in [0.1, 0.15) is 0 Å². The molecule has 2 aliphatic rings. The van der Waals surface area contributed by atoms with E-state index in [9.17, 15) is 9.90 Å². The monoisotopic (exact) mass is 342 g/mol. The molecule has 6 nitrogen and oxygen atoms in total. The van der Waals surface area contributed by atoms with Gasteiger partial charge in [-0.2, -0.15) is 5.10 Å². The minimum atomic E-state index is -0.738. The van der Waals surface area contributed by atoms with Crippen molar-refractivity contribution in [2.75, 3.05) is 32.7 Å². The number of carbonyl (C=O) groups excluding carboxylic acids is 1. The summed E-state index contributed by atoms with van der Waals surface area (Å²) in [4.78, 5) is 16.7. The molecule has 6 heteroatoms. The second-order valence-corrected chi connectivity index (χ2v) is 7.45. The molecule has 1 aromatic heterocycles. The Kier molecular flexibility index (Phi) is 4.48. The number of fused-ring (bicyclic) bond motifs is 1. The number of aromatic nitrogens is 2. The molecule has 0 radical (unpaired) electrons. The standard InChI is InChI=1S/C19H26N4O2/c24-18(7-11-23-17-6-2-1-5-16(17)13-20-23)22-12-8-19(25,15-22)14-21-9-3-4-10-21/h1-2,5-6,13,25H,3-4,7-12,14-15H2. The first-order chi connectivity index (χ1) is 12.1. The molecular formula is C19H26N4O2. The molecule has 134 valence electrons. The lowest BCUT2D eigenvalue weighted by Crippen LogP contribution is -2.45. The molecule has 2 saturated heterocycles. The maximum Gasteiger partial charge on any atom is 0.224 e. The number of para-hydroxylation sites is 1. The SMILES string of the molecule is O=C(CCn1ncc2ccccc21)N1CCC(O)(CN2CCCC2)C1. The number of carbonyl (C=O) groups is 1. The lowest BCUT2D eigenvalue weighted by Gasteiger charge is -2.28. The van der Waals surface area contributed by atoms with Crippen molar-refractivity contribution in [2.45, 2.75) is 37.8 Å². The van der Waals surface area contributed by atoms with E-state index in [1.165, 1.54) is 12.8 Å². The van der Waals surface area contributed by atoms with Crippen molar-refractivity contribution in [2.24, 2.45) is 0 Å². The number of amides is 1. The number of hydrogen-bond acceptors (Lipinski definition) is 4. The minimum absolute atomic E-state index is 0.108. The van der Waals surface area contributed by atoms with Gasteiger partial charge in [-0.3, -0.25) is 9.48 Å². The lowest BCUT2D eigenvalue weighted by molar-refractivity contribution is -0.131. The molecule has 1 amide bonds. The van der Waals surface area contributed by atoms with E-state index in [1.54, 1.807) is 0 Å². The van der Waals surface area contributed by atoms with Gasteiger partial charge in [-0.05, 0) is 38.4 Å². The first kappa shape index (κ1) is 16.5. The van der Waals surface area contributed by atoms with E-state index < -0.39 is 5.60 Å². The summed E-state index contributed by atoms with van der Waals surface area (Å²) in [6, 6.07) is 8.03. The molecule has 1 N–H and O–H groups in total. The normalized spacial score (nSPS) is 24.4. The Bertz CT molecular complexity index is 753. The summed E-state index contributed by atoms with van der Waals surface area (Å²) in [5.41, 5.74) is 0.320. The minimum Gasteiger partial charge on any atom is -0.387 e. The van der Waals surface area contributed by atoms with E-state index in [0.717, 1.165) is 24.0 Å². The van der Waals surface area contributed by atoms with Gasteiger partial charge in [0.25, 0.3) is 0 Å². The Balaban J connectivity index is 1.32. The van der Waals surface area contributed by atoms with E-state index in [4.69, 9.17) is 0 Å². The number of aryl methyl sites for hydroxylation is 1. The van der Waals surface area contributed by atoms with E-state index in [1.807, 2.05) is 40.0 Å². The smallest absolute Gasteiger partial charge is 0.224 e. The van der Waals surface area contributed by atoms with Crippen LogP contribution in [0.25, 0.3) is 10.9 Å². The van der Waals surface area contributed by atoms with Crippen molar-refractivity contribution in [3.8, 4) is 0 Å². The Hall–Kier alpha value is -1.92. The number of β-amino-alcohol motifs (C(OH)–C–C–N with tert-alkyl or cyclic N) is 1. The van der Waals surface area contributed by atoms with Gasteiger partial charge in [0.05, 0.1) is 30.4 Å². The highest BCUT2D eigenvalue weighted by Crippen LogP contribution is 2.25. The van der Waals surface area contributed by atoms with E-state index in [2.05, 4.69) is 10.00 Å². The highest BCUT2D eigenvalue weighted by molar-refractivity contribution is 5.79. The molecule has 0 bridgehead atoms. The van der Waals surface area contributed by atoms with Crippen LogP contribution in [0.2, 0.25) is 0 Å². The van der Waals surface area contributed by atoms with Crippen LogP contribution in [0.4, 0.5) is 0 Å². The van der Waals surface area contributed by atoms with Crippen molar-refractivity contribution < 1.29 is 9.90 Å². The lowest BCUT2D eigenvalue weighted by atomic mass is 10.0. The molecular weight excluding hydrogens is 316 g/mol. The zero-order chi connectivity index (χ0) is 17.3. The summed E-state index contributed by atoms with van der Waals surface area (Å²) in [6.07, 6.45) is 5.38. The highest BCUT2D eigenvalue weighted by atomic mass is 16.3. The van der Waals surface area contributed by atoms with Crippen LogP contribution in [0, 0.1) is 0 Å². The Labute approximate surface area is 148 Å². The number of hydrogen-bond donors (Lipinski definition) is 1. The third kappa shape index (κ3) is 3.55. The van der Waals surface area contributed by atoms with Gasteiger partial charge in [0.2, 0.25) is 5.91 Å². The van der Waals surface area contributed by atoms with Gasteiger partial charge >= 0.3 is 0 Å². The van der Waals surface area contributed by atoms with Gasteiger partial charge in [-0.1, -0.05) is 18.2 Å². The maximum atomic E-state index is 12.6. The number of nitrogens with zero attached hydrogens (tertiary/aromatic N) is 4. The predicted octanol–water partition coefficient (Wildman–Crippen LogP) is 1.49. The molecule has 0 aliphatic carbocycles. The van der Waals surface area contributed by atoms with Gasteiger partial charge in [0, 0.05) is 24.9 Å². The largest absolute Gasteiger partial charge is 0.387 e. The zero-order valence-electron chi connectivity index (χ0n) is 14.6. The highest BCUT2D eigenvalue weighted by Gasteiger charge is 2.39. The molecule has 2 aromatic rings. The molecule has 1 aromatic carbocycles. The molecule has 25 heavy (non-hydrogen) atoms. The molecule has 0 saturated carbocycles. The topological polar surface area (TPSA) is 61.6 Å². The number of rotatable bonds is 5. The number of aliphatic hydroxyl groups is 1. The Morgan fingerprint density at radius 2 is 2.00 bits per heavy atom. The zero-order valence-corrected chi connectivity index (χ0v) is 14.6. The first-order valence-corrected chi connectivity index (χ1v) is 9.26. The molecule has 1 unspecified atom stereocenters. The third-order valence-corrected chi connectivity index (χ3v) is 5.49. The summed E-state index contributed by atoms with van der Waals surface area (Å²) in [5.74, 6) is 0.108. The number of likely N-dealkylation sites (tertiary alicyclic amines) is 2. The fourth-order valence-electron chi connectivity index (χ4n) is 4.12. The molecule has 0 spiro atoms. The van der Waals surface area contributed by atoms with Crippen LogP contribution in [0.5, 0.6) is 0 Å². The van der Waals surface area contributed by atoms with Crippen molar-refractivity contribution in [1.29, 1.82) is 0 Å². The molecule has 2 aliphatic heterocycles. The van der Waals surface area contributed by atoms with E-state index in [0.29, 0.717) is 39.0 Å². The van der Waals surface area contributed by atoms with Gasteiger partial charge in [0.15, 0.2) is 0 Å². The van der Waals surface area contributed by atoms with Gasteiger partial charge in [-0.25, -0.2) is 0 Å². The van der Waals surface area contributed by atoms with E-state index in [-0.39, 0.29) is 5.91 Å². The molecule has 3 heterocycles. The second kappa shape index (κ2) is 6.77. The summed E-state index contributed by atoms with van der Waals surface area (Å²) in [6.45, 7) is 4.53. The van der Waals surface area contributed by atoms with Crippen LogP contribution in [0.15, 0.2) is 30.5 Å². The van der Waals surface area contributed by atoms with Crippen molar-refractivity contribution in [3.63, 3.8) is 0 Å². The van der Waals surface area contributed by atoms with Crippen LogP contribution >= 0.6 is 0 Å². The van der Waals surface area contributed by atoms with Crippen LogP contribution in [-0.4, -0.2) is 68.9 Å².